The first-order valence-electron chi connectivity index (χ1n) is 24.7. The quantitative estimate of drug-likeness (QED) is 0.134. The molecule has 0 heterocycles. The number of hydrogen-bond acceptors (Lipinski definition) is 1. The van der Waals surface area contributed by atoms with E-state index in [4.69, 9.17) is 5.73 Å². The molecule has 6 aliphatic carbocycles. The van der Waals surface area contributed by atoms with E-state index < -0.39 is 0 Å². The zero-order chi connectivity index (χ0) is 46.6. The van der Waals surface area contributed by atoms with Crippen molar-refractivity contribution in [3.05, 3.63) is 294 Å². The molecule has 0 spiro atoms. The Hall–Kier alpha value is -6.70. The summed E-state index contributed by atoms with van der Waals surface area (Å²) >= 11 is 0. The first-order valence-corrected chi connectivity index (χ1v) is 24.7. The molecule has 0 saturated heterocycles. The molecule has 0 saturated carbocycles. The van der Waals surface area contributed by atoms with Crippen LogP contribution in [0.25, 0.3) is 5.57 Å². The Morgan fingerprint density at radius 1 is 0.746 bits per heavy atom. The average molecular weight is 878 g/mol. The highest BCUT2D eigenvalue weighted by Gasteiger charge is 2.29. The van der Waals surface area contributed by atoms with Gasteiger partial charge in [0.1, 0.15) is 0 Å². The molecule has 0 amide bonds. The van der Waals surface area contributed by atoms with Crippen LogP contribution in [0, 0.1) is 23.7 Å². The van der Waals surface area contributed by atoms with E-state index in [1.807, 2.05) is 25.2 Å². The SMILES string of the molecule is C1=C(c2ccccc2)CC(c2ccccc2)CC1c1ccccc1.C=C/C=C(\C=C/N)C1C=C(C2=CC(C)C=C2)C=C(C/C=C\C=C/C)C1.C=CC1C=C(C2=CC=CC2)CC1C1=CCCC=C1. The van der Waals surface area contributed by atoms with Crippen molar-refractivity contribution in [2.75, 3.05) is 0 Å². The summed E-state index contributed by atoms with van der Waals surface area (Å²) in [7, 11) is 0. The van der Waals surface area contributed by atoms with Gasteiger partial charge in [0, 0.05) is 17.8 Å². The lowest BCUT2D eigenvalue weighted by Crippen LogP contribution is -2.12. The molecule has 0 fully saturated rings. The van der Waals surface area contributed by atoms with Gasteiger partial charge in [-0.2, -0.15) is 0 Å². The molecule has 9 rings (SSSR count). The molecular weight excluding hydrogens is 807 g/mol. The van der Waals surface area contributed by atoms with Crippen LogP contribution in [0.2, 0.25) is 0 Å². The fourth-order valence-corrected chi connectivity index (χ4v) is 10.2. The second-order valence-electron chi connectivity index (χ2n) is 18.4. The highest BCUT2D eigenvalue weighted by Crippen LogP contribution is 2.44. The molecule has 340 valence electrons. The minimum Gasteiger partial charge on any atom is -0.405 e. The Kier molecular flexibility index (Phi) is 18.2. The summed E-state index contributed by atoms with van der Waals surface area (Å²) in [4.78, 5) is 0. The molecule has 0 aliphatic heterocycles. The van der Waals surface area contributed by atoms with Gasteiger partial charge in [0.2, 0.25) is 0 Å². The molecule has 0 bridgehead atoms. The predicted octanol–water partition coefficient (Wildman–Crippen LogP) is 17.4. The van der Waals surface area contributed by atoms with Gasteiger partial charge in [-0.1, -0.05) is 232 Å². The maximum Gasteiger partial charge on any atom is 0.00651 e. The van der Waals surface area contributed by atoms with E-state index in [0.29, 0.717) is 35.5 Å². The lowest BCUT2D eigenvalue weighted by molar-refractivity contribution is 0.570. The van der Waals surface area contributed by atoms with Crippen LogP contribution >= 0.6 is 0 Å². The summed E-state index contributed by atoms with van der Waals surface area (Å²) in [5, 5.41) is 0. The predicted molar refractivity (Wildman–Crippen MR) is 291 cm³/mol. The monoisotopic (exact) mass is 878 g/mol. The Morgan fingerprint density at radius 2 is 1.51 bits per heavy atom. The van der Waals surface area contributed by atoms with Crippen LogP contribution in [0.4, 0.5) is 0 Å². The molecule has 1 nitrogen and oxygen atoms in total. The number of nitrogens with two attached hydrogens (primary N) is 1. The lowest BCUT2D eigenvalue weighted by atomic mass is 9.75. The van der Waals surface area contributed by atoms with Crippen LogP contribution in [0.15, 0.2) is 277 Å². The Morgan fingerprint density at radius 3 is 2.15 bits per heavy atom. The minimum absolute atomic E-state index is 0.327. The summed E-state index contributed by atoms with van der Waals surface area (Å²) in [5.41, 5.74) is 21.2. The van der Waals surface area contributed by atoms with Crippen molar-refractivity contribution in [3.8, 4) is 0 Å². The molecule has 0 aromatic heterocycles. The topological polar surface area (TPSA) is 26.0 Å². The number of benzene rings is 3. The van der Waals surface area contributed by atoms with Gasteiger partial charge in [-0.15, -0.1) is 6.58 Å². The van der Waals surface area contributed by atoms with Gasteiger partial charge >= 0.3 is 0 Å². The fraction of sp³-hybridized carbons (Fsp3) is 0.242. The summed E-state index contributed by atoms with van der Waals surface area (Å²) in [6.45, 7) is 12.1. The number of hydrogen-bond donors (Lipinski definition) is 1. The van der Waals surface area contributed by atoms with E-state index in [0.717, 1.165) is 25.7 Å². The van der Waals surface area contributed by atoms with E-state index in [2.05, 4.69) is 220 Å². The minimum atomic E-state index is 0.327. The third-order valence-electron chi connectivity index (χ3n) is 13.7. The van der Waals surface area contributed by atoms with Crippen molar-refractivity contribution in [2.24, 2.45) is 29.4 Å². The first kappa shape index (κ1) is 48.2. The Balaban J connectivity index is 0.000000151. The standard InChI is InChI=1S/C24H29N.C24H22.C18H20/c1-4-6-7-8-10-20-16-23(21(9-5-2)13-14-25)18-24(17-20)22-12-11-19(3)15-22;1-4-10-19(11-5-1)22-16-23(20-12-6-2-7-13-20)18-24(17-22)21-14-8-3-9-15-21;1-2-14-12-17(15-8-6-7-9-15)13-18(14)16-10-4-3-5-11-16/h4-9,11-15,17-19,23H,2,10,16,25H2,1,3H3;1-16,22,24H,17-18H2;2,4,6-8,10-12,14,18H,1,3,5,9,13H2/b6-4-,8-7-,14-13-,21-9+;;. The summed E-state index contributed by atoms with van der Waals surface area (Å²) < 4.78 is 0. The van der Waals surface area contributed by atoms with Gasteiger partial charge in [0.05, 0.1) is 0 Å². The average Bonchev–Trinajstić information content (AvgIpc) is 4.19. The van der Waals surface area contributed by atoms with Crippen molar-refractivity contribution < 1.29 is 0 Å². The zero-order valence-electron chi connectivity index (χ0n) is 40.0. The van der Waals surface area contributed by atoms with Gasteiger partial charge in [-0.25, -0.2) is 0 Å². The number of allylic oxidation sites excluding steroid dienone is 29. The summed E-state index contributed by atoms with van der Waals surface area (Å²) in [6, 6.07) is 32.8. The maximum atomic E-state index is 5.66. The van der Waals surface area contributed by atoms with Crippen LogP contribution in [0.5, 0.6) is 0 Å². The summed E-state index contributed by atoms with van der Waals surface area (Å²) in [6.07, 6.45) is 57.2. The third-order valence-corrected chi connectivity index (χ3v) is 13.7. The van der Waals surface area contributed by atoms with Crippen molar-refractivity contribution in [1.82, 2.24) is 0 Å². The molecule has 0 radical (unpaired) electrons. The molecule has 2 N–H and O–H groups in total. The van der Waals surface area contributed by atoms with Crippen LogP contribution in [0.3, 0.4) is 0 Å². The Labute approximate surface area is 403 Å². The van der Waals surface area contributed by atoms with Crippen molar-refractivity contribution in [1.29, 1.82) is 0 Å². The van der Waals surface area contributed by atoms with Gasteiger partial charge in [-0.05, 0) is 144 Å². The Bertz CT molecular complexity index is 2580. The normalized spacial score (nSPS) is 24.4. The lowest BCUT2D eigenvalue weighted by Gasteiger charge is -2.29. The third kappa shape index (κ3) is 13.7. The molecule has 6 unspecified atom stereocenters. The first-order chi connectivity index (χ1) is 33.0. The molecule has 1 heteroatoms. The van der Waals surface area contributed by atoms with Crippen molar-refractivity contribution >= 4 is 5.57 Å². The number of rotatable bonds is 13. The smallest absolute Gasteiger partial charge is 0.00651 e. The van der Waals surface area contributed by atoms with Gasteiger partial charge in [0.15, 0.2) is 0 Å². The van der Waals surface area contributed by atoms with Gasteiger partial charge < -0.3 is 5.73 Å². The van der Waals surface area contributed by atoms with E-state index in [1.165, 1.54) is 87.0 Å². The summed E-state index contributed by atoms with van der Waals surface area (Å²) in [5.74, 6) is 3.03. The second kappa shape index (κ2) is 25.3. The van der Waals surface area contributed by atoms with E-state index in [1.54, 1.807) is 6.20 Å². The van der Waals surface area contributed by atoms with Crippen molar-refractivity contribution in [2.45, 2.75) is 77.0 Å². The van der Waals surface area contributed by atoms with Crippen LogP contribution < -0.4 is 5.73 Å². The van der Waals surface area contributed by atoms with Crippen molar-refractivity contribution in [3.63, 3.8) is 0 Å². The molecule has 3 aromatic rings. The van der Waals surface area contributed by atoms with Gasteiger partial charge in [0.25, 0.3) is 0 Å². The van der Waals surface area contributed by atoms with E-state index in [-0.39, 0.29) is 0 Å². The maximum absolute atomic E-state index is 5.66. The highest BCUT2D eigenvalue weighted by molar-refractivity contribution is 5.68. The highest BCUT2D eigenvalue weighted by atomic mass is 14.5. The van der Waals surface area contributed by atoms with Crippen LogP contribution in [-0.2, 0) is 0 Å². The zero-order valence-corrected chi connectivity index (χ0v) is 40.0. The second-order valence-corrected chi connectivity index (χ2v) is 18.4. The molecule has 6 aliphatic rings. The molecular formula is C66H71N. The van der Waals surface area contributed by atoms with Gasteiger partial charge in [-0.3, -0.25) is 0 Å². The fourth-order valence-electron chi connectivity index (χ4n) is 10.2. The van der Waals surface area contributed by atoms with Crippen LogP contribution in [0.1, 0.15) is 93.7 Å². The van der Waals surface area contributed by atoms with Crippen LogP contribution in [-0.4, -0.2) is 0 Å². The largest absolute Gasteiger partial charge is 0.405 e. The molecule has 67 heavy (non-hydrogen) atoms. The van der Waals surface area contributed by atoms with E-state index in [9.17, 15) is 0 Å². The van der Waals surface area contributed by atoms with E-state index >= 15 is 0 Å². The molecule has 3 aromatic carbocycles. The molecule has 6 atom stereocenters.